The van der Waals surface area contributed by atoms with E-state index < -0.39 is 23.5 Å². The monoisotopic (exact) mass is 230 g/mol. The second kappa shape index (κ2) is 4.92. The van der Waals surface area contributed by atoms with Crippen LogP contribution in [0, 0.1) is 17.6 Å². The van der Waals surface area contributed by atoms with Crippen LogP contribution in [0.3, 0.4) is 0 Å². The number of hydrogen-bond acceptors (Lipinski definition) is 2. The number of carbonyl (C=O) groups is 1. The first-order valence-corrected chi connectivity index (χ1v) is 4.71. The lowest BCUT2D eigenvalue weighted by Crippen LogP contribution is -2.13. The van der Waals surface area contributed by atoms with Crippen LogP contribution in [0.15, 0.2) is 12.1 Å². The standard InChI is InChI=1S/C11H12F2O3/c1-6(11(14)15)5-7-3-4-8(16-2)10(13)9(7)12/h3-4,6H,5H2,1-2H3,(H,14,15). The van der Waals surface area contributed by atoms with Gasteiger partial charge in [-0.25, -0.2) is 4.39 Å². The quantitative estimate of drug-likeness (QED) is 0.862. The Kier molecular flexibility index (Phi) is 3.82. The van der Waals surface area contributed by atoms with Gasteiger partial charge in [0, 0.05) is 0 Å². The first kappa shape index (κ1) is 12.4. The van der Waals surface area contributed by atoms with Crippen LogP contribution in [0.5, 0.6) is 5.75 Å². The smallest absolute Gasteiger partial charge is 0.306 e. The summed E-state index contributed by atoms with van der Waals surface area (Å²) in [5.74, 6) is -4.13. The summed E-state index contributed by atoms with van der Waals surface area (Å²) in [6, 6.07) is 2.61. The molecule has 0 aromatic heterocycles. The lowest BCUT2D eigenvalue weighted by atomic mass is 10.0. The number of benzene rings is 1. The Morgan fingerprint density at radius 2 is 2.06 bits per heavy atom. The largest absolute Gasteiger partial charge is 0.494 e. The average Bonchev–Trinajstić information content (AvgIpc) is 2.25. The predicted octanol–water partition coefficient (Wildman–Crippen LogP) is 2.24. The number of carboxylic acids is 1. The van der Waals surface area contributed by atoms with E-state index in [1.165, 1.54) is 26.2 Å². The molecule has 0 heterocycles. The Morgan fingerprint density at radius 1 is 1.44 bits per heavy atom. The molecule has 0 spiro atoms. The van der Waals surface area contributed by atoms with Crippen LogP contribution in [0.2, 0.25) is 0 Å². The van der Waals surface area contributed by atoms with E-state index in [0.717, 1.165) is 0 Å². The normalized spacial score (nSPS) is 12.2. The molecule has 0 aliphatic rings. The minimum atomic E-state index is -1.09. The number of aliphatic carboxylic acids is 1. The lowest BCUT2D eigenvalue weighted by molar-refractivity contribution is -0.141. The van der Waals surface area contributed by atoms with E-state index in [1.807, 2.05) is 0 Å². The molecule has 1 aromatic carbocycles. The summed E-state index contributed by atoms with van der Waals surface area (Å²) in [7, 11) is 1.23. The first-order valence-electron chi connectivity index (χ1n) is 4.71. The van der Waals surface area contributed by atoms with E-state index in [9.17, 15) is 13.6 Å². The molecule has 1 rings (SSSR count). The van der Waals surface area contributed by atoms with Gasteiger partial charge >= 0.3 is 5.97 Å². The molecule has 0 bridgehead atoms. The fourth-order valence-electron chi connectivity index (χ4n) is 1.30. The van der Waals surface area contributed by atoms with Gasteiger partial charge in [0.1, 0.15) is 0 Å². The van der Waals surface area contributed by atoms with Crippen molar-refractivity contribution in [3.8, 4) is 5.75 Å². The predicted molar refractivity (Wildman–Crippen MR) is 53.4 cm³/mol. The Labute approximate surface area is 91.7 Å². The molecule has 0 saturated heterocycles. The van der Waals surface area contributed by atoms with Crippen molar-refractivity contribution in [1.82, 2.24) is 0 Å². The van der Waals surface area contributed by atoms with Crippen molar-refractivity contribution < 1.29 is 23.4 Å². The summed E-state index contributed by atoms with van der Waals surface area (Å²) in [6.45, 7) is 1.43. The van der Waals surface area contributed by atoms with Gasteiger partial charge in [-0.2, -0.15) is 4.39 Å². The van der Waals surface area contributed by atoms with Crippen LogP contribution in [0.25, 0.3) is 0 Å². The number of ether oxygens (including phenoxy) is 1. The summed E-state index contributed by atoms with van der Waals surface area (Å²) in [5.41, 5.74) is 0.0354. The van der Waals surface area contributed by atoms with Gasteiger partial charge in [-0.1, -0.05) is 13.0 Å². The highest BCUT2D eigenvalue weighted by Gasteiger charge is 2.18. The average molecular weight is 230 g/mol. The number of halogens is 2. The van der Waals surface area contributed by atoms with Crippen molar-refractivity contribution in [3.05, 3.63) is 29.3 Å². The van der Waals surface area contributed by atoms with E-state index in [4.69, 9.17) is 5.11 Å². The van der Waals surface area contributed by atoms with Gasteiger partial charge < -0.3 is 9.84 Å². The summed E-state index contributed by atoms with van der Waals surface area (Å²) >= 11 is 0. The van der Waals surface area contributed by atoms with Gasteiger partial charge in [-0.05, 0) is 18.1 Å². The molecule has 0 aliphatic carbocycles. The molecule has 1 aromatic rings. The zero-order chi connectivity index (χ0) is 12.3. The maximum absolute atomic E-state index is 13.4. The zero-order valence-electron chi connectivity index (χ0n) is 8.96. The maximum Gasteiger partial charge on any atom is 0.306 e. The van der Waals surface area contributed by atoms with Crippen LogP contribution < -0.4 is 4.74 Å². The lowest BCUT2D eigenvalue weighted by Gasteiger charge is -2.09. The molecule has 0 saturated carbocycles. The molecule has 3 nitrogen and oxygen atoms in total. The van der Waals surface area contributed by atoms with Crippen molar-refractivity contribution in [2.24, 2.45) is 5.92 Å². The summed E-state index contributed by atoms with van der Waals surface area (Å²) in [5, 5.41) is 8.66. The third-order valence-electron chi connectivity index (χ3n) is 2.29. The van der Waals surface area contributed by atoms with Crippen LogP contribution in [0.4, 0.5) is 8.78 Å². The van der Waals surface area contributed by atoms with Gasteiger partial charge in [-0.3, -0.25) is 4.79 Å². The van der Waals surface area contributed by atoms with E-state index in [1.54, 1.807) is 0 Å². The molecular formula is C11H12F2O3. The number of methoxy groups -OCH3 is 1. The van der Waals surface area contributed by atoms with Crippen LogP contribution in [-0.2, 0) is 11.2 Å². The third-order valence-corrected chi connectivity index (χ3v) is 2.29. The second-order valence-electron chi connectivity index (χ2n) is 3.50. The Hall–Kier alpha value is -1.65. The van der Waals surface area contributed by atoms with Crippen molar-refractivity contribution in [2.75, 3.05) is 7.11 Å². The minimum Gasteiger partial charge on any atom is -0.494 e. The van der Waals surface area contributed by atoms with Gasteiger partial charge in [0.25, 0.3) is 0 Å². The fraction of sp³-hybridized carbons (Fsp3) is 0.364. The van der Waals surface area contributed by atoms with Crippen molar-refractivity contribution in [1.29, 1.82) is 0 Å². The highest BCUT2D eigenvalue weighted by Crippen LogP contribution is 2.24. The molecule has 0 amide bonds. The highest BCUT2D eigenvalue weighted by molar-refractivity contribution is 5.69. The van der Waals surface area contributed by atoms with E-state index in [-0.39, 0.29) is 17.7 Å². The molecule has 16 heavy (non-hydrogen) atoms. The fourth-order valence-corrected chi connectivity index (χ4v) is 1.30. The molecule has 1 atom stereocenters. The topological polar surface area (TPSA) is 46.5 Å². The zero-order valence-corrected chi connectivity index (χ0v) is 8.96. The van der Waals surface area contributed by atoms with Crippen LogP contribution >= 0.6 is 0 Å². The maximum atomic E-state index is 13.4. The van der Waals surface area contributed by atoms with Gasteiger partial charge in [0.2, 0.25) is 5.82 Å². The third kappa shape index (κ3) is 2.48. The SMILES string of the molecule is COc1ccc(CC(C)C(=O)O)c(F)c1F. The van der Waals surface area contributed by atoms with E-state index in [2.05, 4.69) is 4.74 Å². The van der Waals surface area contributed by atoms with Gasteiger partial charge in [0.15, 0.2) is 11.6 Å². The van der Waals surface area contributed by atoms with Gasteiger partial charge in [0.05, 0.1) is 13.0 Å². The summed E-state index contributed by atoms with van der Waals surface area (Å²) in [4.78, 5) is 10.6. The minimum absolute atomic E-state index is 0.0354. The number of carboxylic acid groups (broad SMARTS) is 1. The Bertz CT molecular complexity index is 404. The molecule has 0 fully saturated rings. The summed E-state index contributed by atoms with van der Waals surface area (Å²) in [6.07, 6.45) is -0.0535. The number of rotatable bonds is 4. The van der Waals surface area contributed by atoms with Crippen molar-refractivity contribution in [3.63, 3.8) is 0 Å². The van der Waals surface area contributed by atoms with Crippen molar-refractivity contribution >= 4 is 5.97 Å². The van der Waals surface area contributed by atoms with Gasteiger partial charge in [-0.15, -0.1) is 0 Å². The van der Waals surface area contributed by atoms with E-state index in [0.29, 0.717) is 0 Å². The molecule has 1 N–H and O–H groups in total. The molecule has 0 radical (unpaired) electrons. The van der Waals surface area contributed by atoms with Crippen LogP contribution in [0.1, 0.15) is 12.5 Å². The second-order valence-corrected chi connectivity index (χ2v) is 3.50. The summed E-state index contributed by atoms with van der Waals surface area (Å²) < 4.78 is 31.3. The Morgan fingerprint density at radius 3 is 2.56 bits per heavy atom. The first-order chi connectivity index (χ1) is 7.47. The molecular weight excluding hydrogens is 218 g/mol. The van der Waals surface area contributed by atoms with Crippen molar-refractivity contribution in [2.45, 2.75) is 13.3 Å². The molecule has 0 aliphatic heterocycles. The number of hydrogen-bond donors (Lipinski definition) is 1. The van der Waals surface area contributed by atoms with Crippen LogP contribution in [-0.4, -0.2) is 18.2 Å². The molecule has 1 unspecified atom stereocenters. The Balaban J connectivity index is 2.99. The highest BCUT2D eigenvalue weighted by atomic mass is 19.2. The molecule has 5 heteroatoms. The van der Waals surface area contributed by atoms with E-state index >= 15 is 0 Å². The molecule has 88 valence electrons.